The van der Waals surface area contributed by atoms with E-state index < -0.39 is 5.97 Å². The number of rotatable bonds is 3. The molecule has 0 unspecified atom stereocenters. The zero-order valence-electron chi connectivity index (χ0n) is 12.3. The first-order chi connectivity index (χ1) is 11.5. The number of carbonyl (C=O) groups is 1. The second-order valence-electron chi connectivity index (χ2n) is 4.95. The second kappa shape index (κ2) is 6.87. The van der Waals surface area contributed by atoms with Crippen molar-refractivity contribution in [1.82, 2.24) is 9.97 Å². The van der Waals surface area contributed by atoms with Crippen LogP contribution in [0.15, 0.2) is 41.6 Å². The minimum absolute atomic E-state index is 0.0582. The molecule has 0 radical (unpaired) electrons. The number of aromatic nitrogens is 2. The highest BCUT2D eigenvalue weighted by atomic mass is 35.5. The summed E-state index contributed by atoms with van der Waals surface area (Å²) in [5.41, 5.74) is 9.25. The number of nitrogens with two attached hydrogens (primary N) is 1. The highest BCUT2D eigenvalue weighted by Gasteiger charge is 2.08. The predicted molar refractivity (Wildman–Crippen MR) is 96.3 cm³/mol. The lowest BCUT2D eigenvalue weighted by molar-refractivity contribution is -0.133. The summed E-state index contributed by atoms with van der Waals surface area (Å²) in [7, 11) is 0. The number of aliphatic carboxylic acids is 1. The molecular formula is C17H12ClN3O2S. The quantitative estimate of drug-likeness (QED) is 0.379. The molecule has 2 aromatic carbocycles. The molecule has 1 heterocycles. The molecule has 24 heavy (non-hydrogen) atoms. The van der Waals surface area contributed by atoms with Gasteiger partial charge in [-0.25, -0.2) is 4.98 Å². The number of hydrogen-bond donors (Lipinski definition) is 3. The van der Waals surface area contributed by atoms with Crippen molar-refractivity contribution in [2.24, 2.45) is 0 Å². The maximum atomic E-state index is 10.6. The summed E-state index contributed by atoms with van der Waals surface area (Å²) < 4.78 is 0. The predicted octanol–water partition coefficient (Wildman–Crippen LogP) is 3.38. The van der Waals surface area contributed by atoms with Crippen molar-refractivity contribution in [2.75, 3.05) is 11.5 Å². The number of imidazole rings is 1. The average Bonchev–Trinajstić information content (AvgIpc) is 2.94. The fourth-order valence-electron chi connectivity index (χ4n) is 2.01. The van der Waals surface area contributed by atoms with Gasteiger partial charge in [-0.3, -0.25) is 4.79 Å². The SMILES string of the molecule is Nc1ccc(C#Cc2cc3nc(SCC(=O)O)[nH]c3cc2Cl)cc1. The Morgan fingerprint density at radius 1 is 1.29 bits per heavy atom. The Kier molecular flexibility index (Phi) is 4.65. The van der Waals surface area contributed by atoms with Crippen LogP contribution in [-0.2, 0) is 4.79 Å². The van der Waals surface area contributed by atoms with Gasteiger partial charge < -0.3 is 15.8 Å². The Bertz CT molecular complexity index is 971. The minimum atomic E-state index is -0.895. The monoisotopic (exact) mass is 357 g/mol. The third-order valence-corrected chi connectivity index (χ3v) is 4.30. The summed E-state index contributed by atoms with van der Waals surface area (Å²) in [5.74, 6) is 5.10. The molecule has 0 atom stereocenters. The van der Waals surface area contributed by atoms with Gasteiger partial charge in [0, 0.05) is 16.8 Å². The molecule has 3 rings (SSSR count). The summed E-state index contributed by atoms with van der Waals surface area (Å²) in [6.45, 7) is 0. The number of halogens is 1. The molecule has 7 heteroatoms. The van der Waals surface area contributed by atoms with E-state index in [1.54, 1.807) is 24.3 Å². The molecule has 0 bridgehead atoms. The standard InChI is InChI=1S/C17H12ClN3O2S/c18-13-8-15-14(20-17(21-15)24-9-16(22)23)7-11(13)4-1-10-2-5-12(19)6-3-10/h2-3,5-8H,9,19H2,(H,20,21)(H,22,23). The van der Waals surface area contributed by atoms with Gasteiger partial charge in [-0.05, 0) is 36.4 Å². The van der Waals surface area contributed by atoms with Crippen LogP contribution in [0.4, 0.5) is 5.69 Å². The number of nitrogens with zero attached hydrogens (tertiary/aromatic N) is 1. The van der Waals surface area contributed by atoms with Crippen LogP contribution in [-0.4, -0.2) is 26.8 Å². The molecule has 0 aliphatic carbocycles. The van der Waals surface area contributed by atoms with Gasteiger partial charge in [-0.1, -0.05) is 35.2 Å². The van der Waals surface area contributed by atoms with E-state index in [1.807, 2.05) is 12.1 Å². The van der Waals surface area contributed by atoms with E-state index in [1.165, 1.54) is 0 Å². The molecule has 4 N–H and O–H groups in total. The summed E-state index contributed by atoms with van der Waals surface area (Å²) in [6, 6.07) is 10.8. The average molecular weight is 358 g/mol. The first-order valence-corrected chi connectivity index (χ1v) is 8.29. The third kappa shape index (κ3) is 3.82. The maximum absolute atomic E-state index is 10.6. The van der Waals surface area contributed by atoms with E-state index in [4.69, 9.17) is 22.4 Å². The smallest absolute Gasteiger partial charge is 0.313 e. The van der Waals surface area contributed by atoms with Crippen molar-refractivity contribution < 1.29 is 9.90 Å². The van der Waals surface area contributed by atoms with Gasteiger partial charge in [0.15, 0.2) is 5.16 Å². The Hall–Kier alpha value is -2.62. The number of carboxylic acid groups (broad SMARTS) is 1. The molecule has 3 aromatic rings. The van der Waals surface area contributed by atoms with E-state index in [2.05, 4.69) is 21.8 Å². The summed E-state index contributed by atoms with van der Waals surface area (Å²) in [6.07, 6.45) is 0. The molecule has 0 aliphatic rings. The van der Waals surface area contributed by atoms with Crippen LogP contribution in [0.1, 0.15) is 11.1 Å². The van der Waals surface area contributed by atoms with Crippen molar-refractivity contribution >= 4 is 46.1 Å². The molecule has 0 spiro atoms. The molecule has 5 nitrogen and oxygen atoms in total. The first kappa shape index (κ1) is 16.2. The summed E-state index contributed by atoms with van der Waals surface area (Å²) in [5, 5.41) is 9.76. The summed E-state index contributed by atoms with van der Waals surface area (Å²) >= 11 is 7.38. The number of nitrogens with one attached hydrogen (secondary N) is 1. The lowest BCUT2D eigenvalue weighted by atomic mass is 10.1. The molecular weight excluding hydrogens is 346 g/mol. The number of fused-ring (bicyclic) bond motifs is 1. The third-order valence-electron chi connectivity index (χ3n) is 3.13. The molecule has 1 aromatic heterocycles. The molecule has 0 saturated heterocycles. The van der Waals surface area contributed by atoms with Crippen LogP contribution >= 0.6 is 23.4 Å². The van der Waals surface area contributed by atoms with Crippen LogP contribution in [0.3, 0.4) is 0 Å². The Morgan fingerprint density at radius 3 is 2.75 bits per heavy atom. The fraction of sp³-hybridized carbons (Fsp3) is 0.0588. The van der Waals surface area contributed by atoms with Crippen molar-refractivity contribution in [3.8, 4) is 11.8 Å². The van der Waals surface area contributed by atoms with E-state index in [0.29, 0.717) is 26.9 Å². The molecule has 0 fully saturated rings. The Labute approximate surface area is 147 Å². The maximum Gasteiger partial charge on any atom is 0.313 e. The normalized spacial score (nSPS) is 10.4. The Balaban J connectivity index is 1.90. The van der Waals surface area contributed by atoms with E-state index in [-0.39, 0.29) is 5.75 Å². The summed E-state index contributed by atoms with van der Waals surface area (Å²) in [4.78, 5) is 18.0. The number of H-pyrrole nitrogens is 1. The molecule has 0 saturated carbocycles. The lowest BCUT2D eigenvalue weighted by Gasteiger charge is -1.96. The van der Waals surface area contributed by atoms with Crippen molar-refractivity contribution in [3.05, 3.63) is 52.5 Å². The highest BCUT2D eigenvalue weighted by Crippen LogP contribution is 2.25. The van der Waals surface area contributed by atoms with Gasteiger partial charge in [0.05, 0.1) is 21.8 Å². The van der Waals surface area contributed by atoms with E-state index in [9.17, 15) is 4.79 Å². The zero-order valence-corrected chi connectivity index (χ0v) is 13.9. The number of anilines is 1. The minimum Gasteiger partial charge on any atom is -0.481 e. The fourth-order valence-corrected chi connectivity index (χ4v) is 2.82. The van der Waals surface area contributed by atoms with Crippen LogP contribution in [0.5, 0.6) is 0 Å². The van der Waals surface area contributed by atoms with E-state index >= 15 is 0 Å². The van der Waals surface area contributed by atoms with Crippen LogP contribution in [0.25, 0.3) is 11.0 Å². The van der Waals surface area contributed by atoms with Crippen LogP contribution in [0.2, 0.25) is 5.02 Å². The van der Waals surface area contributed by atoms with Gasteiger partial charge in [-0.2, -0.15) is 0 Å². The van der Waals surface area contributed by atoms with Gasteiger partial charge in [0.25, 0.3) is 0 Å². The van der Waals surface area contributed by atoms with Gasteiger partial charge >= 0.3 is 5.97 Å². The second-order valence-corrected chi connectivity index (χ2v) is 6.32. The number of thioether (sulfide) groups is 1. The van der Waals surface area contributed by atoms with Crippen LogP contribution < -0.4 is 5.73 Å². The van der Waals surface area contributed by atoms with Gasteiger partial charge in [-0.15, -0.1) is 0 Å². The van der Waals surface area contributed by atoms with Gasteiger partial charge in [0.2, 0.25) is 0 Å². The van der Waals surface area contributed by atoms with Gasteiger partial charge in [0.1, 0.15) is 0 Å². The lowest BCUT2D eigenvalue weighted by Crippen LogP contribution is -1.97. The number of hydrogen-bond acceptors (Lipinski definition) is 4. The molecule has 0 aliphatic heterocycles. The van der Waals surface area contributed by atoms with Crippen molar-refractivity contribution in [1.29, 1.82) is 0 Å². The number of nitrogen functional groups attached to an aromatic ring is 1. The Morgan fingerprint density at radius 2 is 2.04 bits per heavy atom. The number of carboxylic acids is 1. The highest BCUT2D eigenvalue weighted by molar-refractivity contribution is 7.99. The first-order valence-electron chi connectivity index (χ1n) is 6.93. The topological polar surface area (TPSA) is 92.0 Å². The number of benzene rings is 2. The van der Waals surface area contributed by atoms with Crippen LogP contribution in [0, 0.1) is 11.8 Å². The number of aromatic amines is 1. The zero-order chi connectivity index (χ0) is 17.1. The molecule has 0 amide bonds. The molecule has 120 valence electrons. The van der Waals surface area contributed by atoms with Crippen molar-refractivity contribution in [3.63, 3.8) is 0 Å². The largest absolute Gasteiger partial charge is 0.481 e. The van der Waals surface area contributed by atoms with Crippen molar-refractivity contribution in [2.45, 2.75) is 5.16 Å². The van der Waals surface area contributed by atoms with E-state index in [0.717, 1.165) is 22.8 Å².